The molecule has 4 heteroatoms. The Morgan fingerprint density at radius 1 is 1.77 bits per heavy atom. The Hall–Kier alpha value is -0.920. The van der Waals surface area contributed by atoms with Crippen LogP contribution in [0, 0.1) is 11.3 Å². The molecule has 1 aliphatic rings. The standard InChI is InChI=1S/C9H11N3S/c1-12-3-2-7(5-12)9-8(4-10)13-6-11-9/h6-7H,2-3,5H2,1H3. The summed E-state index contributed by atoms with van der Waals surface area (Å²) in [5, 5.41) is 8.84. The molecular weight excluding hydrogens is 182 g/mol. The van der Waals surface area contributed by atoms with Gasteiger partial charge in [0.05, 0.1) is 11.2 Å². The molecule has 0 aromatic carbocycles. The summed E-state index contributed by atoms with van der Waals surface area (Å²) in [4.78, 5) is 7.35. The quantitative estimate of drug-likeness (QED) is 0.677. The van der Waals surface area contributed by atoms with Crippen LogP contribution in [0.15, 0.2) is 5.51 Å². The molecule has 0 bridgehead atoms. The molecular formula is C9H11N3S. The second-order valence-corrected chi connectivity index (χ2v) is 4.28. The Morgan fingerprint density at radius 2 is 2.62 bits per heavy atom. The number of thiazole rings is 1. The Morgan fingerprint density at radius 3 is 3.23 bits per heavy atom. The SMILES string of the molecule is CN1CCC(c2ncsc2C#N)C1. The van der Waals surface area contributed by atoms with Crippen LogP contribution in [0.4, 0.5) is 0 Å². The van der Waals surface area contributed by atoms with Crippen molar-refractivity contribution >= 4 is 11.3 Å². The summed E-state index contributed by atoms with van der Waals surface area (Å²) in [7, 11) is 2.11. The van der Waals surface area contributed by atoms with Gasteiger partial charge in [-0.1, -0.05) is 0 Å². The van der Waals surface area contributed by atoms with Crippen molar-refractivity contribution in [3.63, 3.8) is 0 Å². The van der Waals surface area contributed by atoms with E-state index >= 15 is 0 Å². The number of likely N-dealkylation sites (N-methyl/N-ethyl adjacent to an activating group) is 1. The van der Waals surface area contributed by atoms with E-state index in [4.69, 9.17) is 5.26 Å². The van der Waals surface area contributed by atoms with Crippen LogP contribution in [0.25, 0.3) is 0 Å². The van der Waals surface area contributed by atoms with Crippen molar-refractivity contribution in [2.75, 3.05) is 20.1 Å². The first-order valence-corrected chi connectivity index (χ1v) is 5.21. The van der Waals surface area contributed by atoms with Gasteiger partial charge in [-0.15, -0.1) is 11.3 Å². The Balaban J connectivity index is 2.22. The minimum absolute atomic E-state index is 0.478. The smallest absolute Gasteiger partial charge is 0.128 e. The highest BCUT2D eigenvalue weighted by atomic mass is 32.1. The van der Waals surface area contributed by atoms with Crippen molar-refractivity contribution in [1.82, 2.24) is 9.88 Å². The minimum Gasteiger partial charge on any atom is -0.306 e. The third kappa shape index (κ3) is 1.58. The van der Waals surface area contributed by atoms with E-state index in [2.05, 4.69) is 23.0 Å². The molecule has 1 unspecified atom stereocenters. The predicted octanol–water partition coefficient (Wildman–Crippen LogP) is 1.43. The van der Waals surface area contributed by atoms with Crippen molar-refractivity contribution < 1.29 is 0 Å². The van der Waals surface area contributed by atoms with Gasteiger partial charge in [-0.25, -0.2) is 4.98 Å². The molecule has 0 amide bonds. The molecule has 0 saturated carbocycles. The van der Waals surface area contributed by atoms with Crippen LogP contribution in [0.5, 0.6) is 0 Å². The fourth-order valence-corrected chi connectivity index (χ4v) is 2.45. The van der Waals surface area contributed by atoms with Crippen LogP contribution in [-0.2, 0) is 0 Å². The number of nitriles is 1. The number of likely N-dealkylation sites (tertiary alicyclic amines) is 1. The first-order valence-electron chi connectivity index (χ1n) is 4.33. The molecule has 3 nitrogen and oxygen atoms in total. The van der Waals surface area contributed by atoms with E-state index in [0.29, 0.717) is 5.92 Å². The molecule has 0 radical (unpaired) electrons. The second-order valence-electron chi connectivity index (χ2n) is 3.43. The fraction of sp³-hybridized carbons (Fsp3) is 0.556. The molecule has 68 valence electrons. The number of hydrogen-bond acceptors (Lipinski definition) is 4. The van der Waals surface area contributed by atoms with Crippen LogP contribution in [0.1, 0.15) is 22.9 Å². The maximum atomic E-state index is 8.84. The predicted molar refractivity (Wildman–Crippen MR) is 51.7 cm³/mol. The van der Waals surface area contributed by atoms with E-state index in [1.165, 1.54) is 11.3 Å². The minimum atomic E-state index is 0.478. The Bertz CT molecular complexity index is 339. The zero-order chi connectivity index (χ0) is 9.26. The zero-order valence-electron chi connectivity index (χ0n) is 7.53. The molecule has 1 aromatic heterocycles. The van der Waals surface area contributed by atoms with Gasteiger partial charge in [-0.05, 0) is 20.0 Å². The lowest BCUT2D eigenvalue weighted by Gasteiger charge is -2.07. The molecule has 2 rings (SSSR count). The van der Waals surface area contributed by atoms with Gasteiger partial charge in [0.1, 0.15) is 10.9 Å². The molecule has 1 fully saturated rings. The van der Waals surface area contributed by atoms with Crippen molar-refractivity contribution in [2.45, 2.75) is 12.3 Å². The molecule has 13 heavy (non-hydrogen) atoms. The monoisotopic (exact) mass is 193 g/mol. The summed E-state index contributed by atoms with van der Waals surface area (Å²) in [6.45, 7) is 2.16. The lowest BCUT2D eigenvalue weighted by Crippen LogP contribution is -2.13. The highest BCUT2D eigenvalue weighted by molar-refractivity contribution is 7.10. The third-order valence-corrected chi connectivity index (χ3v) is 3.22. The van der Waals surface area contributed by atoms with Gasteiger partial charge >= 0.3 is 0 Å². The van der Waals surface area contributed by atoms with E-state index in [0.717, 1.165) is 30.1 Å². The average molecular weight is 193 g/mol. The van der Waals surface area contributed by atoms with Gasteiger partial charge in [0.2, 0.25) is 0 Å². The molecule has 1 aromatic rings. The van der Waals surface area contributed by atoms with Crippen LogP contribution >= 0.6 is 11.3 Å². The summed E-state index contributed by atoms with van der Waals surface area (Å²) >= 11 is 1.45. The Labute approximate surface area is 81.6 Å². The van der Waals surface area contributed by atoms with Crippen molar-refractivity contribution in [1.29, 1.82) is 5.26 Å². The van der Waals surface area contributed by atoms with Crippen molar-refractivity contribution in [3.05, 3.63) is 16.1 Å². The van der Waals surface area contributed by atoms with Gasteiger partial charge in [-0.3, -0.25) is 0 Å². The molecule has 0 N–H and O–H groups in total. The highest BCUT2D eigenvalue weighted by Crippen LogP contribution is 2.28. The summed E-state index contributed by atoms with van der Waals surface area (Å²) in [5.41, 5.74) is 2.78. The number of nitrogens with zero attached hydrogens (tertiary/aromatic N) is 3. The van der Waals surface area contributed by atoms with Crippen molar-refractivity contribution in [3.8, 4) is 6.07 Å². The number of hydrogen-bond donors (Lipinski definition) is 0. The maximum absolute atomic E-state index is 8.84. The van der Waals surface area contributed by atoms with E-state index in [-0.39, 0.29) is 0 Å². The molecule has 1 aliphatic heterocycles. The van der Waals surface area contributed by atoms with Crippen LogP contribution in [-0.4, -0.2) is 30.0 Å². The number of aromatic nitrogens is 1. The number of rotatable bonds is 1. The molecule has 2 heterocycles. The first kappa shape index (κ1) is 8.67. The lowest BCUT2D eigenvalue weighted by molar-refractivity contribution is 0.411. The van der Waals surface area contributed by atoms with Gasteiger partial charge in [-0.2, -0.15) is 5.26 Å². The van der Waals surface area contributed by atoms with Gasteiger partial charge in [0, 0.05) is 12.5 Å². The van der Waals surface area contributed by atoms with Crippen molar-refractivity contribution in [2.24, 2.45) is 0 Å². The zero-order valence-corrected chi connectivity index (χ0v) is 8.34. The van der Waals surface area contributed by atoms with E-state index in [9.17, 15) is 0 Å². The summed E-state index contributed by atoms with van der Waals surface area (Å²) < 4.78 is 0. The third-order valence-electron chi connectivity index (χ3n) is 2.47. The van der Waals surface area contributed by atoms with E-state index in [1.54, 1.807) is 5.51 Å². The van der Waals surface area contributed by atoms with Gasteiger partial charge in [0.15, 0.2) is 0 Å². The van der Waals surface area contributed by atoms with Gasteiger partial charge < -0.3 is 4.90 Å². The largest absolute Gasteiger partial charge is 0.306 e. The van der Waals surface area contributed by atoms with Gasteiger partial charge in [0.25, 0.3) is 0 Å². The topological polar surface area (TPSA) is 39.9 Å². The molecule has 1 atom stereocenters. The second kappa shape index (κ2) is 3.44. The normalized spacial score (nSPS) is 23.2. The summed E-state index contributed by atoms with van der Waals surface area (Å²) in [6, 6.07) is 2.20. The summed E-state index contributed by atoms with van der Waals surface area (Å²) in [6.07, 6.45) is 1.13. The van der Waals surface area contributed by atoms with E-state index < -0.39 is 0 Å². The summed E-state index contributed by atoms with van der Waals surface area (Å²) in [5.74, 6) is 0.478. The van der Waals surface area contributed by atoms with Crippen LogP contribution < -0.4 is 0 Å². The first-order chi connectivity index (χ1) is 6.31. The van der Waals surface area contributed by atoms with E-state index in [1.807, 2.05) is 0 Å². The highest BCUT2D eigenvalue weighted by Gasteiger charge is 2.25. The molecule has 0 spiro atoms. The van der Waals surface area contributed by atoms with Crippen LogP contribution in [0.3, 0.4) is 0 Å². The van der Waals surface area contributed by atoms with Crippen LogP contribution in [0.2, 0.25) is 0 Å². The lowest BCUT2D eigenvalue weighted by atomic mass is 10.0. The average Bonchev–Trinajstić information content (AvgIpc) is 2.71. The maximum Gasteiger partial charge on any atom is 0.128 e. The molecule has 1 saturated heterocycles. The fourth-order valence-electron chi connectivity index (χ4n) is 1.79. The Kier molecular flexibility index (Phi) is 2.30. The molecule has 0 aliphatic carbocycles.